The first-order valence-electron chi connectivity index (χ1n) is 5.04. The molecule has 1 fully saturated rings. The van der Waals surface area contributed by atoms with Crippen molar-refractivity contribution in [3.8, 4) is 0 Å². The largest absolute Gasteiger partial charge is 0.392 e. The highest BCUT2D eigenvalue weighted by Crippen LogP contribution is 2.29. The van der Waals surface area contributed by atoms with Gasteiger partial charge >= 0.3 is 0 Å². The summed E-state index contributed by atoms with van der Waals surface area (Å²) in [7, 11) is 0. The van der Waals surface area contributed by atoms with Gasteiger partial charge in [-0.05, 0) is 12.1 Å². The first kappa shape index (κ1) is 11.1. The Morgan fingerprint density at radius 3 is 2.73 bits per heavy atom. The average molecular weight is 244 g/mol. The maximum atomic E-state index is 9.31. The topological polar surface area (TPSA) is 23.5 Å². The summed E-state index contributed by atoms with van der Waals surface area (Å²) in [4.78, 5) is 2.30. The van der Waals surface area contributed by atoms with Gasteiger partial charge in [-0.3, -0.25) is 0 Å². The molecule has 1 aliphatic rings. The zero-order valence-electron chi connectivity index (χ0n) is 8.45. The van der Waals surface area contributed by atoms with Crippen LogP contribution in [0.3, 0.4) is 0 Å². The molecular formula is C11H14ClNOS. The van der Waals surface area contributed by atoms with E-state index in [-0.39, 0.29) is 6.61 Å². The van der Waals surface area contributed by atoms with Crippen molar-refractivity contribution >= 4 is 29.1 Å². The van der Waals surface area contributed by atoms with Gasteiger partial charge in [0.25, 0.3) is 0 Å². The Morgan fingerprint density at radius 2 is 2.07 bits per heavy atom. The van der Waals surface area contributed by atoms with Gasteiger partial charge in [0.2, 0.25) is 0 Å². The fraction of sp³-hybridized carbons (Fsp3) is 0.455. The molecule has 2 rings (SSSR count). The average Bonchev–Trinajstić information content (AvgIpc) is 2.30. The van der Waals surface area contributed by atoms with Crippen molar-refractivity contribution in [2.75, 3.05) is 29.5 Å². The van der Waals surface area contributed by atoms with Crippen molar-refractivity contribution in [2.45, 2.75) is 6.61 Å². The summed E-state index contributed by atoms with van der Waals surface area (Å²) in [6.07, 6.45) is 0. The number of rotatable bonds is 2. The summed E-state index contributed by atoms with van der Waals surface area (Å²) < 4.78 is 0. The quantitative estimate of drug-likeness (QED) is 0.863. The zero-order chi connectivity index (χ0) is 10.7. The third-order valence-corrected chi connectivity index (χ3v) is 3.90. The van der Waals surface area contributed by atoms with Crippen LogP contribution in [0.4, 0.5) is 5.69 Å². The molecule has 0 radical (unpaired) electrons. The van der Waals surface area contributed by atoms with Crippen LogP contribution >= 0.6 is 23.4 Å². The predicted molar refractivity (Wildman–Crippen MR) is 66.9 cm³/mol. The van der Waals surface area contributed by atoms with Crippen molar-refractivity contribution in [1.29, 1.82) is 0 Å². The summed E-state index contributed by atoms with van der Waals surface area (Å²) in [5.41, 5.74) is 1.94. The second-order valence-electron chi connectivity index (χ2n) is 3.50. The molecule has 0 unspecified atom stereocenters. The van der Waals surface area contributed by atoms with E-state index in [1.807, 2.05) is 30.0 Å². The minimum Gasteiger partial charge on any atom is -0.392 e. The van der Waals surface area contributed by atoms with E-state index in [1.54, 1.807) is 0 Å². The van der Waals surface area contributed by atoms with E-state index in [1.165, 1.54) is 0 Å². The second-order valence-corrected chi connectivity index (χ2v) is 5.13. The molecule has 15 heavy (non-hydrogen) atoms. The number of aliphatic hydroxyl groups is 1. The number of thioether (sulfide) groups is 1. The Morgan fingerprint density at radius 1 is 1.33 bits per heavy atom. The molecule has 82 valence electrons. The van der Waals surface area contributed by atoms with E-state index >= 15 is 0 Å². The number of nitrogens with zero attached hydrogens (tertiary/aromatic N) is 1. The van der Waals surface area contributed by atoms with E-state index in [0.29, 0.717) is 5.02 Å². The molecular weight excluding hydrogens is 230 g/mol. The molecule has 1 heterocycles. The van der Waals surface area contributed by atoms with Crippen molar-refractivity contribution in [3.63, 3.8) is 0 Å². The van der Waals surface area contributed by atoms with Gasteiger partial charge in [-0.1, -0.05) is 17.7 Å². The lowest BCUT2D eigenvalue weighted by Crippen LogP contribution is -2.33. The van der Waals surface area contributed by atoms with Crippen molar-refractivity contribution in [2.24, 2.45) is 0 Å². The van der Waals surface area contributed by atoms with E-state index in [9.17, 15) is 5.11 Å². The normalized spacial score (nSPS) is 16.8. The van der Waals surface area contributed by atoms with Gasteiger partial charge in [0.1, 0.15) is 0 Å². The molecule has 0 amide bonds. The number of anilines is 1. The van der Waals surface area contributed by atoms with Gasteiger partial charge in [0, 0.05) is 40.9 Å². The number of hydrogen-bond donors (Lipinski definition) is 1. The molecule has 0 saturated carbocycles. The number of hydrogen-bond acceptors (Lipinski definition) is 3. The molecule has 4 heteroatoms. The first-order chi connectivity index (χ1) is 7.33. The summed E-state index contributed by atoms with van der Waals surface area (Å²) in [5, 5.41) is 9.97. The van der Waals surface area contributed by atoms with Crippen LogP contribution in [-0.2, 0) is 6.61 Å². The first-order valence-corrected chi connectivity index (χ1v) is 6.57. The van der Waals surface area contributed by atoms with Crippen molar-refractivity contribution < 1.29 is 5.11 Å². The predicted octanol–water partition coefficient (Wildman–Crippen LogP) is 2.39. The molecule has 0 atom stereocenters. The summed E-state index contributed by atoms with van der Waals surface area (Å²) in [5.74, 6) is 2.30. The van der Waals surface area contributed by atoms with E-state index < -0.39 is 0 Å². The lowest BCUT2D eigenvalue weighted by atomic mass is 10.1. The highest BCUT2D eigenvalue weighted by atomic mass is 35.5. The van der Waals surface area contributed by atoms with Crippen LogP contribution in [0.15, 0.2) is 18.2 Å². The highest BCUT2D eigenvalue weighted by molar-refractivity contribution is 7.99. The maximum absolute atomic E-state index is 9.31. The fourth-order valence-electron chi connectivity index (χ4n) is 1.80. The Kier molecular flexibility index (Phi) is 3.78. The van der Waals surface area contributed by atoms with Crippen LogP contribution in [0.5, 0.6) is 0 Å². The summed E-state index contributed by atoms with van der Waals surface area (Å²) in [6.45, 7) is 2.09. The molecule has 1 aromatic carbocycles. The van der Waals surface area contributed by atoms with E-state index in [2.05, 4.69) is 4.90 Å². The highest BCUT2D eigenvalue weighted by Gasteiger charge is 2.15. The molecule has 0 bridgehead atoms. The van der Waals surface area contributed by atoms with Crippen LogP contribution in [0, 0.1) is 0 Å². The SMILES string of the molecule is OCc1c(Cl)cccc1N1CCSCC1. The van der Waals surface area contributed by atoms with Crippen LogP contribution < -0.4 is 4.90 Å². The second kappa shape index (κ2) is 5.10. The minimum absolute atomic E-state index is 0.0125. The van der Waals surface area contributed by atoms with Crippen LogP contribution in [0.1, 0.15) is 5.56 Å². The van der Waals surface area contributed by atoms with Gasteiger partial charge in [0.05, 0.1) is 6.61 Å². The van der Waals surface area contributed by atoms with E-state index in [4.69, 9.17) is 11.6 Å². The van der Waals surface area contributed by atoms with Crippen LogP contribution in [-0.4, -0.2) is 29.7 Å². The maximum Gasteiger partial charge on any atom is 0.0716 e. The lowest BCUT2D eigenvalue weighted by molar-refractivity contribution is 0.282. The van der Waals surface area contributed by atoms with E-state index in [0.717, 1.165) is 35.8 Å². The monoisotopic (exact) mass is 243 g/mol. The molecule has 0 aromatic heterocycles. The number of aliphatic hydroxyl groups excluding tert-OH is 1. The third-order valence-electron chi connectivity index (χ3n) is 2.60. The van der Waals surface area contributed by atoms with Crippen molar-refractivity contribution in [1.82, 2.24) is 0 Å². The molecule has 1 aromatic rings. The van der Waals surface area contributed by atoms with Gasteiger partial charge in [-0.25, -0.2) is 0 Å². The summed E-state index contributed by atoms with van der Waals surface area (Å²) >= 11 is 8.03. The third kappa shape index (κ3) is 2.41. The molecule has 1 saturated heterocycles. The Labute approximate surface area is 99.2 Å². The lowest BCUT2D eigenvalue weighted by Gasteiger charge is -2.30. The smallest absolute Gasteiger partial charge is 0.0716 e. The van der Waals surface area contributed by atoms with Crippen LogP contribution in [0.25, 0.3) is 0 Å². The molecule has 0 aliphatic carbocycles. The van der Waals surface area contributed by atoms with Crippen LogP contribution in [0.2, 0.25) is 5.02 Å². The van der Waals surface area contributed by atoms with Gasteiger partial charge in [-0.2, -0.15) is 11.8 Å². The standard InChI is InChI=1S/C11H14ClNOS/c12-10-2-1-3-11(9(10)8-14)13-4-6-15-7-5-13/h1-3,14H,4-8H2. The summed E-state index contributed by atoms with van der Waals surface area (Å²) in [6, 6.07) is 5.81. The molecule has 1 N–H and O–H groups in total. The molecule has 2 nitrogen and oxygen atoms in total. The minimum atomic E-state index is 0.0125. The Balaban J connectivity index is 2.29. The molecule has 0 spiro atoms. The Hall–Kier alpha value is -0.380. The number of halogens is 1. The van der Waals surface area contributed by atoms with Gasteiger partial charge in [0.15, 0.2) is 0 Å². The van der Waals surface area contributed by atoms with Gasteiger partial charge in [-0.15, -0.1) is 0 Å². The van der Waals surface area contributed by atoms with Gasteiger partial charge < -0.3 is 10.0 Å². The van der Waals surface area contributed by atoms with Crippen molar-refractivity contribution in [3.05, 3.63) is 28.8 Å². The number of benzene rings is 1. The fourth-order valence-corrected chi connectivity index (χ4v) is 2.94. The Bertz CT molecular complexity index is 339. The molecule has 1 aliphatic heterocycles. The zero-order valence-corrected chi connectivity index (χ0v) is 10.0.